The fourth-order valence-corrected chi connectivity index (χ4v) is 0.961. The van der Waals surface area contributed by atoms with Crippen LogP contribution in [-0.4, -0.2) is 37.3 Å². The van der Waals surface area contributed by atoms with Crippen LogP contribution in [0.4, 0.5) is 0 Å². The van der Waals surface area contributed by atoms with E-state index in [1.165, 1.54) is 0 Å². The number of nitrogens with one attached hydrogen (secondary N) is 2. The van der Waals surface area contributed by atoms with E-state index in [-0.39, 0.29) is 12.5 Å². The van der Waals surface area contributed by atoms with E-state index in [1.54, 1.807) is 6.08 Å². The molecule has 0 fully saturated rings. The predicted molar refractivity (Wildman–Crippen MR) is 56.9 cm³/mol. The van der Waals surface area contributed by atoms with Gasteiger partial charge < -0.3 is 15.7 Å². The highest BCUT2D eigenvalue weighted by atomic mass is 16.3. The first kappa shape index (κ1) is 13.1. The van der Waals surface area contributed by atoms with Gasteiger partial charge in [-0.05, 0) is 12.3 Å². The second kappa shape index (κ2) is 8.72. The zero-order chi connectivity index (χ0) is 10.8. The number of hydrogen-bond acceptors (Lipinski definition) is 3. The Morgan fingerprint density at radius 2 is 2.36 bits per heavy atom. The van der Waals surface area contributed by atoms with E-state index in [9.17, 15) is 4.79 Å². The predicted octanol–water partition coefficient (Wildman–Crippen LogP) is -0.103. The smallest absolute Gasteiger partial charge is 0.233 e. The van der Waals surface area contributed by atoms with Gasteiger partial charge in [-0.25, -0.2) is 0 Å². The molecule has 1 amide bonds. The lowest BCUT2D eigenvalue weighted by atomic mass is 10.1. The lowest BCUT2D eigenvalue weighted by molar-refractivity contribution is -0.120. The van der Waals surface area contributed by atoms with Crippen LogP contribution < -0.4 is 10.6 Å². The fourth-order valence-electron chi connectivity index (χ4n) is 0.961. The van der Waals surface area contributed by atoms with Gasteiger partial charge in [0.15, 0.2) is 0 Å². The molecule has 0 saturated carbocycles. The van der Waals surface area contributed by atoms with Crippen molar-refractivity contribution >= 4 is 5.91 Å². The number of hydrogen-bond donors (Lipinski definition) is 3. The summed E-state index contributed by atoms with van der Waals surface area (Å²) in [7, 11) is 0. The van der Waals surface area contributed by atoms with E-state index in [1.807, 2.05) is 6.92 Å². The molecule has 0 aromatic rings. The Labute approximate surface area is 85.4 Å². The number of rotatable bonds is 8. The molecule has 4 heteroatoms. The number of amides is 1. The average molecular weight is 200 g/mol. The molecule has 0 rings (SSSR count). The third-order valence-corrected chi connectivity index (χ3v) is 1.84. The summed E-state index contributed by atoms with van der Waals surface area (Å²) in [5.74, 6) is 0.306. The van der Waals surface area contributed by atoms with E-state index in [4.69, 9.17) is 5.11 Å². The van der Waals surface area contributed by atoms with Crippen LogP contribution in [-0.2, 0) is 4.79 Å². The largest absolute Gasteiger partial charge is 0.396 e. The molecule has 0 aliphatic carbocycles. The monoisotopic (exact) mass is 200 g/mol. The van der Waals surface area contributed by atoms with Crippen molar-refractivity contribution in [3.8, 4) is 0 Å². The van der Waals surface area contributed by atoms with Gasteiger partial charge in [-0.15, -0.1) is 6.58 Å². The lowest BCUT2D eigenvalue weighted by Gasteiger charge is -2.10. The highest BCUT2D eigenvalue weighted by molar-refractivity contribution is 5.77. The molecule has 0 aromatic carbocycles. The summed E-state index contributed by atoms with van der Waals surface area (Å²) in [6, 6.07) is 0. The molecule has 0 aliphatic heterocycles. The van der Waals surface area contributed by atoms with Crippen molar-refractivity contribution in [2.24, 2.45) is 5.92 Å². The van der Waals surface area contributed by atoms with Gasteiger partial charge in [0.25, 0.3) is 0 Å². The van der Waals surface area contributed by atoms with E-state index < -0.39 is 0 Å². The third kappa shape index (κ3) is 7.76. The normalized spacial score (nSPS) is 12.1. The molecule has 0 bridgehead atoms. The molecule has 0 radical (unpaired) electrons. The molecule has 0 aromatic heterocycles. The molecule has 0 heterocycles. The van der Waals surface area contributed by atoms with E-state index >= 15 is 0 Å². The number of carbonyl (C=O) groups excluding carboxylic acids is 1. The Bertz CT molecular complexity index is 172. The minimum atomic E-state index is -0.0170. The topological polar surface area (TPSA) is 61.4 Å². The molecule has 82 valence electrons. The maximum atomic E-state index is 11.2. The van der Waals surface area contributed by atoms with Crippen molar-refractivity contribution in [1.29, 1.82) is 0 Å². The molecular weight excluding hydrogens is 180 g/mol. The maximum Gasteiger partial charge on any atom is 0.233 e. The van der Waals surface area contributed by atoms with Crippen LogP contribution in [0.5, 0.6) is 0 Å². The van der Waals surface area contributed by atoms with Crippen LogP contribution in [0, 0.1) is 5.92 Å². The zero-order valence-electron chi connectivity index (χ0n) is 8.75. The molecule has 4 nitrogen and oxygen atoms in total. The standard InChI is InChI=1S/C10H20N2O2/c1-3-5-11-8-10(14)12-7-9(2)4-6-13/h3,9,11,13H,1,4-8H2,2H3,(H,12,14). The number of aliphatic hydroxyl groups excluding tert-OH is 1. The number of aliphatic hydroxyl groups is 1. The van der Waals surface area contributed by atoms with Gasteiger partial charge in [0.1, 0.15) is 0 Å². The van der Waals surface area contributed by atoms with Gasteiger partial charge in [-0.2, -0.15) is 0 Å². The van der Waals surface area contributed by atoms with E-state index in [2.05, 4.69) is 17.2 Å². The minimum absolute atomic E-state index is 0.0170. The van der Waals surface area contributed by atoms with Crippen LogP contribution in [0.3, 0.4) is 0 Å². The summed E-state index contributed by atoms with van der Waals surface area (Å²) >= 11 is 0. The Morgan fingerprint density at radius 3 is 2.93 bits per heavy atom. The highest BCUT2D eigenvalue weighted by Gasteiger charge is 2.03. The van der Waals surface area contributed by atoms with Gasteiger partial charge >= 0.3 is 0 Å². The van der Waals surface area contributed by atoms with Crippen LogP contribution in [0.1, 0.15) is 13.3 Å². The summed E-state index contributed by atoms with van der Waals surface area (Å²) < 4.78 is 0. The lowest BCUT2D eigenvalue weighted by Crippen LogP contribution is -2.36. The van der Waals surface area contributed by atoms with Crippen molar-refractivity contribution < 1.29 is 9.90 Å². The molecular formula is C10H20N2O2. The van der Waals surface area contributed by atoms with Crippen molar-refractivity contribution in [3.63, 3.8) is 0 Å². The average Bonchev–Trinajstić information content (AvgIpc) is 2.16. The molecule has 1 unspecified atom stereocenters. The summed E-state index contributed by atoms with van der Waals surface area (Å²) in [4.78, 5) is 11.2. The molecule has 1 atom stereocenters. The van der Waals surface area contributed by atoms with Crippen LogP contribution >= 0.6 is 0 Å². The first-order valence-corrected chi connectivity index (χ1v) is 4.89. The zero-order valence-corrected chi connectivity index (χ0v) is 8.75. The summed E-state index contributed by atoms with van der Waals surface area (Å²) in [6.07, 6.45) is 2.43. The summed E-state index contributed by atoms with van der Waals surface area (Å²) in [5, 5.41) is 14.3. The van der Waals surface area contributed by atoms with Gasteiger partial charge in [0.2, 0.25) is 5.91 Å². The number of carbonyl (C=O) groups is 1. The van der Waals surface area contributed by atoms with Crippen LogP contribution in [0.2, 0.25) is 0 Å². The van der Waals surface area contributed by atoms with Crippen LogP contribution in [0.15, 0.2) is 12.7 Å². The van der Waals surface area contributed by atoms with Gasteiger partial charge in [-0.3, -0.25) is 4.79 Å². The molecule has 0 aliphatic rings. The second-order valence-electron chi connectivity index (χ2n) is 3.34. The summed E-state index contributed by atoms with van der Waals surface area (Å²) in [6.45, 7) is 7.28. The third-order valence-electron chi connectivity index (χ3n) is 1.84. The Kier molecular flexibility index (Phi) is 8.17. The Morgan fingerprint density at radius 1 is 1.64 bits per heavy atom. The molecule has 0 saturated heterocycles. The Hall–Kier alpha value is -0.870. The fraction of sp³-hybridized carbons (Fsp3) is 0.700. The van der Waals surface area contributed by atoms with Crippen LogP contribution in [0.25, 0.3) is 0 Å². The van der Waals surface area contributed by atoms with Crippen molar-refractivity contribution in [2.45, 2.75) is 13.3 Å². The maximum absolute atomic E-state index is 11.2. The van der Waals surface area contributed by atoms with Gasteiger partial charge in [0, 0.05) is 19.7 Å². The first-order valence-electron chi connectivity index (χ1n) is 4.89. The quantitative estimate of drug-likeness (QED) is 0.379. The van der Waals surface area contributed by atoms with Crippen molar-refractivity contribution in [1.82, 2.24) is 10.6 Å². The minimum Gasteiger partial charge on any atom is -0.396 e. The first-order chi connectivity index (χ1) is 6.70. The summed E-state index contributed by atoms with van der Waals surface area (Å²) in [5.41, 5.74) is 0. The van der Waals surface area contributed by atoms with Crippen molar-refractivity contribution in [3.05, 3.63) is 12.7 Å². The SMILES string of the molecule is C=CCNCC(=O)NCC(C)CCO. The molecule has 14 heavy (non-hydrogen) atoms. The van der Waals surface area contributed by atoms with E-state index in [0.717, 1.165) is 6.42 Å². The van der Waals surface area contributed by atoms with E-state index in [0.29, 0.717) is 25.6 Å². The Balaban J connectivity index is 3.38. The molecule has 0 spiro atoms. The highest BCUT2D eigenvalue weighted by Crippen LogP contribution is 1.97. The van der Waals surface area contributed by atoms with Gasteiger partial charge in [0.05, 0.1) is 6.54 Å². The van der Waals surface area contributed by atoms with Gasteiger partial charge in [-0.1, -0.05) is 13.0 Å². The second-order valence-corrected chi connectivity index (χ2v) is 3.34. The molecule has 3 N–H and O–H groups in total. The van der Waals surface area contributed by atoms with Crippen molar-refractivity contribution in [2.75, 3.05) is 26.2 Å².